The molecule has 1 atom stereocenters. The highest BCUT2D eigenvalue weighted by molar-refractivity contribution is 5.95. The van der Waals surface area contributed by atoms with Gasteiger partial charge in [-0.1, -0.05) is 13.3 Å². The number of hydrogen-bond donors (Lipinski definition) is 2. The quantitative estimate of drug-likeness (QED) is 0.748. The Morgan fingerprint density at radius 1 is 1.60 bits per heavy atom. The molecule has 1 heterocycles. The van der Waals surface area contributed by atoms with Gasteiger partial charge in [-0.3, -0.25) is 9.59 Å². The van der Waals surface area contributed by atoms with Crippen molar-refractivity contribution in [1.29, 1.82) is 0 Å². The van der Waals surface area contributed by atoms with E-state index in [1.807, 2.05) is 6.92 Å². The van der Waals surface area contributed by atoms with Gasteiger partial charge in [-0.05, 0) is 18.6 Å². The molecule has 3 N–H and O–H groups in total. The topological polar surface area (TPSA) is 85.3 Å². The molecule has 0 fully saturated rings. The van der Waals surface area contributed by atoms with E-state index >= 15 is 0 Å². The zero-order valence-electron chi connectivity index (χ0n) is 8.53. The van der Waals surface area contributed by atoms with Gasteiger partial charge in [0.15, 0.2) is 5.76 Å². The molecule has 0 radical (unpaired) electrons. The number of nitrogens with one attached hydrogen (secondary N) is 1. The lowest BCUT2D eigenvalue weighted by molar-refractivity contribution is -0.120. The van der Waals surface area contributed by atoms with Crippen LogP contribution in [0.3, 0.4) is 0 Å². The number of amides is 2. The van der Waals surface area contributed by atoms with Crippen molar-refractivity contribution in [2.45, 2.75) is 25.8 Å². The molecular weight excluding hydrogens is 196 g/mol. The van der Waals surface area contributed by atoms with Crippen LogP contribution in [0.2, 0.25) is 0 Å². The van der Waals surface area contributed by atoms with Crippen LogP contribution < -0.4 is 11.1 Å². The number of hydrogen-bond acceptors (Lipinski definition) is 3. The molecule has 0 aliphatic rings. The van der Waals surface area contributed by atoms with Crippen LogP contribution in [0.15, 0.2) is 22.8 Å². The summed E-state index contributed by atoms with van der Waals surface area (Å²) < 4.78 is 4.89. The molecule has 0 aromatic carbocycles. The standard InChI is InChI=1S/C10H14N2O3/c1-2-4-7(9(11)13)12-10(14)8-5-3-6-15-8/h3,5-7H,2,4H2,1H3,(H2,11,13)(H,12,14). The zero-order valence-corrected chi connectivity index (χ0v) is 8.53. The summed E-state index contributed by atoms with van der Waals surface area (Å²) in [6.45, 7) is 1.91. The molecule has 2 amide bonds. The Labute approximate surface area is 87.6 Å². The van der Waals surface area contributed by atoms with Crippen LogP contribution in [0.5, 0.6) is 0 Å². The Kier molecular flexibility index (Phi) is 3.91. The van der Waals surface area contributed by atoms with E-state index in [0.717, 1.165) is 6.42 Å². The Morgan fingerprint density at radius 3 is 2.80 bits per heavy atom. The summed E-state index contributed by atoms with van der Waals surface area (Å²) in [7, 11) is 0. The van der Waals surface area contributed by atoms with E-state index in [-0.39, 0.29) is 5.76 Å². The molecule has 5 nitrogen and oxygen atoms in total. The highest BCUT2D eigenvalue weighted by Gasteiger charge is 2.18. The average Bonchev–Trinajstić information content (AvgIpc) is 2.69. The number of furan rings is 1. The molecule has 0 saturated carbocycles. The van der Waals surface area contributed by atoms with Gasteiger partial charge in [0, 0.05) is 0 Å². The SMILES string of the molecule is CCCC(NC(=O)c1ccco1)C(N)=O. The molecule has 1 rings (SSSR count). The molecule has 5 heteroatoms. The van der Waals surface area contributed by atoms with Gasteiger partial charge < -0.3 is 15.5 Å². The lowest BCUT2D eigenvalue weighted by Crippen LogP contribution is -2.44. The van der Waals surface area contributed by atoms with Crippen LogP contribution in [0.4, 0.5) is 0 Å². The molecule has 0 aliphatic heterocycles. The molecule has 0 aliphatic carbocycles. The lowest BCUT2D eigenvalue weighted by Gasteiger charge is -2.12. The summed E-state index contributed by atoms with van der Waals surface area (Å²) in [6, 6.07) is 2.50. The van der Waals surface area contributed by atoms with Crippen molar-refractivity contribution in [2.24, 2.45) is 5.73 Å². The van der Waals surface area contributed by atoms with Gasteiger partial charge in [-0.15, -0.1) is 0 Å². The maximum atomic E-state index is 11.5. The van der Waals surface area contributed by atoms with Gasteiger partial charge in [0.1, 0.15) is 6.04 Å². The third kappa shape index (κ3) is 3.12. The van der Waals surface area contributed by atoms with Crippen molar-refractivity contribution in [3.05, 3.63) is 24.2 Å². The van der Waals surface area contributed by atoms with E-state index in [1.54, 1.807) is 6.07 Å². The maximum Gasteiger partial charge on any atom is 0.287 e. The van der Waals surface area contributed by atoms with Gasteiger partial charge in [-0.2, -0.15) is 0 Å². The minimum Gasteiger partial charge on any atom is -0.459 e. The number of rotatable bonds is 5. The van der Waals surface area contributed by atoms with Crippen LogP contribution >= 0.6 is 0 Å². The lowest BCUT2D eigenvalue weighted by atomic mass is 10.1. The Hall–Kier alpha value is -1.78. The second-order valence-corrected chi connectivity index (χ2v) is 3.19. The molecule has 1 unspecified atom stereocenters. The largest absolute Gasteiger partial charge is 0.459 e. The summed E-state index contributed by atoms with van der Waals surface area (Å²) in [6.07, 6.45) is 2.70. The monoisotopic (exact) mass is 210 g/mol. The Bertz CT molecular complexity index is 332. The number of primary amides is 1. The summed E-state index contributed by atoms with van der Waals surface area (Å²) in [4.78, 5) is 22.5. The van der Waals surface area contributed by atoms with Crippen molar-refractivity contribution in [3.8, 4) is 0 Å². The van der Waals surface area contributed by atoms with Gasteiger partial charge in [-0.25, -0.2) is 0 Å². The van der Waals surface area contributed by atoms with Gasteiger partial charge >= 0.3 is 0 Å². The fourth-order valence-electron chi connectivity index (χ4n) is 1.21. The third-order valence-corrected chi connectivity index (χ3v) is 1.97. The zero-order chi connectivity index (χ0) is 11.3. The highest BCUT2D eigenvalue weighted by Crippen LogP contribution is 2.02. The number of nitrogens with two attached hydrogens (primary N) is 1. The highest BCUT2D eigenvalue weighted by atomic mass is 16.3. The van der Waals surface area contributed by atoms with E-state index in [2.05, 4.69) is 5.32 Å². The van der Waals surface area contributed by atoms with Crippen LogP contribution in [-0.4, -0.2) is 17.9 Å². The molecule has 1 aromatic rings. The van der Waals surface area contributed by atoms with Crippen LogP contribution in [0.1, 0.15) is 30.3 Å². The second-order valence-electron chi connectivity index (χ2n) is 3.19. The molecular formula is C10H14N2O3. The summed E-state index contributed by atoms with van der Waals surface area (Å²) >= 11 is 0. The molecule has 0 spiro atoms. The molecule has 82 valence electrons. The summed E-state index contributed by atoms with van der Waals surface area (Å²) in [5.74, 6) is -0.772. The van der Waals surface area contributed by atoms with Crippen molar-refractivity contribution >= 4 is 11.8 Å². The maximum absolute atomic E-state index is 11.5. The van der Waals surface area contributed by atoms with Crippen LogP contribution in [0.25, 0.3) is 0 Å². The Morgan fingerprint density at radius 2 is 2.33 bits per heavy atom. The minimum atomic E-state index is -0.632. The van der Waals surface area contributed by atoms with E-state index < -0.39 is 17.9 Å². The van der Waals surface area contributed by atoms with Crippen molar-refractivity contribution in [3.63, 3.8) is 0 Å². The van der Waals surface area contributed by atoms with Crippen molar-refractivity contribution in [2.75, 3.05) is 0 Å². The first-order valence-corrected chi connectivity index (χ1v) is 4.78. The minimum absolute atomic E-state index is 0.178. The molecule has 15 heavy (non-hydrogen) atoms. The number of carbonyl (C=O) groups is 2. The van der Waals surface area contributed by atoms with Crippen LogP contribution in [-0.2, 0) is 4.79 Å². The Balaban J connectivity index is 2.59. The first kappa shape index (κ1) is 11.3. The molecule has 0 bridgehead atoms. The van der Waals surface area contributed by atoms with Crippen molar-refractivity contribution in [1.82, 2.24) is 5.32 Å². The third-order valence-electron chi connectivity index (χ3n) is 1.97. The van der Waals surface area contributed by atoms with E-state index in [9.17, 15) is 9.59 Å². The van der Waals surface area contributed by atoms with E-state index in [4.69, 9.17) is 10.2 Å². The fourth-order valence-corrected chi connectivity index (χ4v) is 1.21. The van der Waals surface area contributed by atoms with Crippen LogP contribution in [0, 0.1) is 0 Å². The smallest absolute Gasteiger partial charge is 0.287 e. The second kappa shape index (κ2) is 5.19. The predicted octanol–water partition coefficient (Wildman–Crippen LogP) is 0.663. The predicted molar refractivity (Wildman–Crippen MR) is 54.1 cm³/mol. The van der Waals surface area contributed by atoms with Gasteiger partial charge in [0.25, 0.3) is 5.91 Å². The van der Waals surface area contributed by atoms with E-state index in [1.165, 1.54) is 12.3 Å². The number of carbonyl (C=O) groups excluding carboxylic acids is 2. The van der Waals surface area contributed by atoms with Gasteiger partial charge in [0.2, 0.25) is 5.91 Å². The molecule has 1 aromatic heterocycles. The summed E-state index contributed by atoms with van der Waals surface area (Å²) in [5, 5.41) is 2.51. The van der Waals surface area contributed by atoms with Crippen molar-refractivity contribution < 1.29 is 14.0 Å². The first-order valence-electron chi connectivity index (χ1n) is 4.78. The first-order chi connectivity index (χ1) is 7.15. The summed E-state index contributed by atoms with van der Waals surface area (Å²) in [5.41, 5.74) is 5.14. The van der Waals surface area contributed by atoms with E-state index in [0.29, 0.717) is 6.42 Å². The normalized spacial score (nSPS) is 12.1. The van der Waals surface area contributed by atoms with Gasteiger partial charge in [0.05, 0.1) is 6.26 Å². The average molecular weight is 210 g/mol. The fraction of sp³-hybridized carbons (Fsp3) is 0.400. The molecule has 0 saturated heterocycles.